The third-order valence-corrected chi connectivity index (χ3v) is 2.78. The molecule has 2 N–H and O–H groups in total. The van der Waals surface area contributed by atoms with E-state index in [9.17, 15) is 8.42 Å². The maximum absolute atomic E-state index is 10.8. The van der Waals surface area contributed by atoms with E-state index >= 15 is 0 Å². The van der Waals surface area contributed by atoms with E-state index in [0.717, 1.165) is 18.9 Å². The van der Waals surface area contributed by atoms with Crippen LogP contribution in [0.1, 0.15) is 19.8 Å². The standard InChI is InChI=1S/C9H21N3O2S.HI/c1-4-6-11-9(10-2)12-7-5-8-15(3,13)14;/h4-8H2,1-3H3,(H2,10,11,12);1H. The molecule has 0 spiro atoms. The van der Waals surface area contributed by atoms with Crippen LogP contribution in [0.4, 0.5) is 0 Å². The maximum atomic E-state index is 10.8. The first-order valence-electron chi connectivity index (χ1n) is 5.12. The molecule has 0 aromatic rings. The normalized spacial score (nSPS) is 11.8. The van der Waals surface area contributed by atoms with Crippen LogP contribution < -0.4 is 10.6 Å². The van der Waals surface area contributed by atoms with Crippen molar-refractivity contribution in [3.05, 3.63) is 0 Å². The van der Waals surface area contributed by atoms with Gasteiger partial charge in [0.05, 0.1) is 5.75 Å². The van der Waals surface area contributed by atoms with Gasteiger partial charge < -0.3 is 10.6 Å². The highest BCUT2D eigenvalue weighted by Crippen LogP contribution is 1.86. The van der Waals surface area contributed by atoms with Crippen LogP contribution in [0.15, 0.2) is 4.99 Å². The molecule has 0 atom stereocenters. The van der Waals surface area contributed by atoms with Crippen LogP contribution in [-0.4, -0.2) is 46.5 Å². The van der Waals surface area contributed by atoms with Gasteiger partial charge in [0.25, 0.3) is 0 Å². The second-order valence-corrected chi connectivity index (χ2v) is 5.67. The largest absolute Gasteiger partial charge is 0.356 e. The fraction of sp³-hybridized carbons (Fsp3) is 0.889. The Kier molecular flexibility index (Phi) is 11.6. The van der Waals surface area contributed by atoms with Gasteiger partial charge in [0.1, 0.15) is 9.84 Å². The van der Waals surface area contributed by atoms with Crippen molar-refractivity contribution in [3.8, 4) is 0 Å². The van der Waals surface area contributed by atoms with Gasteiger partial charge in [-0.2, -0.15) is 0 Å². The van der Waals surface area contributed by atoms with Crippen molar-refractivity contribution in [2.75, 3.05) is 32.1 Å². The van der Waals surface area contributed by atoms with E-state index < -0.39 is 9.84 Å². The van der Waals surface area contributed by atoms with Crippen molar-refractivity contribution in [1.29, 1.82) is 0 Å². The molecule has 0 unspecified atom stereocenters. The lowest BCUT2D eigenvalue weighted by Crippen LogP contribution is -2.38. The van der Waals surface area contributed by atoms with E-state index in [0.29, 0.717) is 13.0 Å². The molecule has 7 heteroatoms. The quantitative estimate of drug-likeness (QED) is 0.314. The molecule has 0 radical (unpaired) electrons. The second-order valence-electron chi connectivity index (χ2n) is 3.41. The molecule has 0 aliphatic rings. The number of nitrogens with zero attached hydrogens (tertiary/aromatic N) is 1. The monoisotopic (exact) mass is 363 g/mol. The van der Waals surface area contributed by atoms with Crippen molar-refractivity contribution in [1.82, 2.24) is 10.6 Å². The van der Waals surface area contributed by atoms with Crippen molar-refractivity contribution in [2.45, 2.75) is 19.8 Å². The topological polar surface area (TPSA) is 70.6 Å². The van der Waals surface area contributed by atoms with Gasteiger partial charge in [-0.25, -0.2) is 8.42 Å². The third-order valence-electron chi connectivity index (χ3n) is 1.75. The van der Waals surface area contributed by atoms with Gasteiger partial charge in [-0.15, -0.1) is 24.0 Å². The first-order chi connectivity index (χ1) is 6.99. The molecule has 5 nitrogen and oxygen atoms in total. The van der Waals surface area contributed by atoms with Crippen molar-refractivity contribution < 1.29 is 8.42 Å². The third kappa shape index (κ3) is 12.0. The molecule has 0 amide bonds. The van der Waals surface area contributed by atoms with Gasteiger partial charge in [0, 0.05) is 26.4 Å². The van der Waals surface area contributed by atoms with E-state index in [1.54, 1.807) is 7.05 Å². The summed E-state index contributed by atoms with van der Waals surface area (Å²) < 4.78 is 21.7. The molecule has 0 aromatic heterocycles. The second kappa shape index (κ2) is 10.1. The number of guanidine groups is 1. The zero-order chi connectivity index (χ0) is 11.7. The summed E-state index contributed by atoms with van der Waals surface area (Å²) in [5, 5.41) is 6.16. The van der Waals surface area contributed by atoms with E-state index in [2.05, 4.69) is 22.5 Å². The van der Waals surface area contributed by atoms with Gasteiger partial charge in [-0.1, -0.05) is 6.92 Å². The zero-order valence-electron chi connectivity index (χ0n) is 10.1. The van der Waals surface area contributed by atoms with Crippen LogP contribution in [0.3, 0.4) is 0 Å². The van der Waals surface area contributed by atoms with E-state index in [1.807, 2.05) is 0 Å². The summed E-state index contributed by atoms with van der Waals surface area (Å²) in [7, 11) is -1.15. The van der Waals surface area contributed by atoms with Crippen LogP contribution in [0.25, 0.3) is 0 Å². The summed E-state index contributed by atoms with van der Waals surface area (Å²) in [6.45, 7) is 3.56. The molecule has 98 valence electrons. The smallest absolute Gasteiger partial charge is 0.190 e. The van der Waals surface area contributed by atoms with Crippen LogP contribution in [0.2, 0.25) is 0 Å². The summed E-state index contributed by atoms with van der Waals surface area (Å²) in [5.41, 5.74) is 0. The first kappa shape index (κ1) is 18.3. The van der Waals surface area contributed by atoms with Crippen LogP contribution in [0, 0.1) is 0 Å². The van der Waals surface area contributed by atoms with Crippen LogP contribution in [0.5, 0.6) is 0 Å². The van der Waals surface area contributed by atoms with Gasteiger partial charge in [-0.3, -0.25) is 4.99 Å². The lowest BCUT2D eigenvalue weighted by molar-refractivity contribution is 0.598. The molecule has 0 saturated carbocycles. The first-order valence-corrected chi connectivity index (χ1v) is 7.18. The Bertz CT molecular complexity index is 291. The summed E-state index contributed by atoms with van der Waals surface area (Å²) in [6, 6.07) is 0. The van der Waals surface area contributed by atoms with Gasteiger partial charge in [-0.05, 0) is 12.8 Å². The van der Waals surface area contributed by atoms with Gasteiger partial charge in [0.2, 0.25) is 0 Å². The summed E-state index contributed by atoms with van der Waals surface area (Å²) >= 11 is 0. The number of rotatable bonds is 6. The highest BCUT2D eigenvalue weighted by molar-refractivity contribution is 14.0. The zero-order valence-corrected chi connectivity index (χ0v) is 13.3. The minimum absolute atomic E-state index is 0. The minimum atomic E-state index is -2.85. The fourth-order valence-corrected chi connectivity index (χ4v) is 1.67. The summed E-state index contributed by atoms with van der Waals surface area (Å²) in [5.74, 6) is 0.940. The Labute approximate surface area is 115 Å². The number of aliphatic imine (C=N–C) groups is 1. The van der Waals surface area contributed by atoms with Crippen molar-refractivity contribution in [2.24, 2.45) is 4.99 Å². The molecule has 0 aliphatic heterocycles. The van der Waals surface area contributed by atoms with Crippen molar-refractivity contribution in [3.63, 3.8) is 0 Å². The molecule has 0 rings (SSSR count). The van der Waals surface area contributed by atoms with E-state index in [4.69, 9.17) is 0 Å². The van der Waals surface area contributed by atoms with E-state index in [1.165, 1.54) is 6.26 Å². The van der Waals surface area contributed by atoms with Gasteiger partial charge in [0.15, 0.2) is 5.96 Å². The number of sulfone groups is 1. The molecule has 0 fully saturated rings. The molecule has 16 heavy (non-hydrogen) atoms. The highest BCUT2D eigenvalue weighted by atomic mass is 127. The molecular weight excluding hydrogens is 341 g/mol. The number of halogens is 1. The number of hydrogen-bond donors (Lipinski definition) is 2. The average Bonchev–Trinajstić information content (AvgIpc) is 2.15. The molecule has 0 aliphatic carbocycles. The maximum Gasteiger partial charge on any atom is 0.190 e. The Balaban J connectivity index is 0. The predicted octanol–water partition coefficient (Wildman–Crippen LogP) is 0.614. The van der Waals surface area contributed by atoms with E-state index in [-0.39, 0.29) is 29.7 Å². The number of hydrogen-bond acceptors (Lipinski definition) is 3. The summed E-state index contributed by atoms with van der Waals surface area (Å²) in [6.07, 6.45) is 2.88. The van der Waals surface area contributed by atoms with Crippen LogP contribution >= 0.6 is 24.0 Å². The highest BCUT2D eigenvalue weighted by Gasteiger charge is 2.01. The lowest BCUT2D eigenvalue weighted by atomic mass is 10.4. The lowest BCUT2D eigenvalue weighted by Gasteiger charge is -2.10. The van der Waals surface area contributed by atoms with Crippen LogP contribution in [-0.2, 0) is 9.84 Å². The fourth-order valence-electron chi connectivity index (χ4n) is 1.01. The predicted molar refractivity (Wildman–Crippen MR) is 79.4 cm³/mol. The van der Waals surface area contributed by atoms with Crippen molar-refractivity contribution >= 4 is 39.8 Å². The number of nitrogens with one attached hydrogen (secondary N) is 2. The molecule has 0 heterocycles. The Hall–Kier alpha value is -0.0500. The summed E-state index contributed by atoms with van der Waals surface area (Å²) in [4.78, 5) is 4.00. The van der Waals surface area contributed by atoms with Gasteiger partial charge >= 0.3 is 0 Å². The Morgan fingerprint density at radius 3 is 2.25 bits per heavy atom. The molecule has 0 bridgehead atoms. The Morgan fingerprint density at radius 2 is 1.81 bits per heavy atom. The Morgan fingerprint density at radius 1 is 1.25 bits per heavy atom. The molecule has 0 aromatic carbocycles. The SMILES string of the molecule is CCCNC(=NC)NCCCS(C)(=O)=O.I. The molecule has 0 saturated heterocycles. The average molecular weight is 363 g/mol. The molecular formula is C9H22IN3O2S. The minimum Gasteiger partial charge on any atom is -0.356 e.